The Morgan fingerprint density at radius 3 is 2.24 bits per heavy atom. The molecule has 3 aromatic heterocycles. The molecule has 3 rings (SSSR count). The maximum atomic E-state index is 12.8. The van der Waals surface area contributed by atoms with Crippen LogP contribution in [0.4, 0.5) is 13.2 Å². The van der Waals surface area contributed by atoms with Crippen molar-refractivity contribution in [1.82, 2.24) is 34.3 Å². The van der Waals surface area contributed by atoms with Crippen LogP contribution in [0.15, 0.2) is 6.07 Å². The number of alkyl halides is 3. The summed E-state index contributed by atoms with van der Waals surface area (Å²) in [5, 5.41) is 12.7. The van der Waals surface area contributed by atoms with Gasteiger partial charge in [-0.25, -0.2) is 9.67 Å². The summed E-state index contributed by atoms with van der Waals surface area (Å²) in [6, 6.07) is 1.72. The van der Waals surface area contributed by atoms with E-state index < -0.39 is 12.7 Å². The Morgan fingerprint density at radius 1 is 1.00 bits per heavy atom. The molecule has 7 nitrogen and oxygen atoms in total. The standard InChI is InChI=1S/C15H18F3N7/c1-8-13(9(2)23(4)20-8)11-6-12(24(5)22-11)14-19-10(3)21-25(14)7-15(16,17)18/h6H,7H2,1-5H3. The fraction of sp³-hybridized carbons (Fsp3) is 0.467. The Balaban J connectivity index is 2.10. The van der Waals surface area contributed by atoms with Gasteiger partial charge in [0.1, 0.15) is 18.1 Å². The molecule has 0 unspecified atom stereocenters. The maximum Gasteiger partial charge on any atom is 0.408 e. The van der Waals surface area contributed by atoms with Gasteiger partial charge in [0.25, 0.3) is 0 Å². The van der Waals surface area contributed by atoms with Crippen molar-refractivity contribution in [3.05, 3.63) is 23.3 Å². The van der Waals surface area contributed by atoms with Gasteiger partial charge >= 0.3 is 6.18 Å². The van der Waals surface area contributed by atoms with Crippen molar-refractivity contribution in [1.29, 1.82) is 0 Å². The molecule has 0 atom stereocenters. The summed E-state index contributed by atoms with van der Waals surface area (Å²) >= 11 is 0. The molecule has 0 amide bonds. The van der Waals surface area contributed by atoms with Crippen molar-refractivity contribution in [3.63, 3.8) is 0 Å². The third kappa shape index (κ3) is 3.15. The molecule has 0 radical (unpaired) electrons. The molecule has 0 aliphatic heterocycles. The van der Waals surface area contributed by atoms with E-state index in [1.165, 1.54) is 4.68 Å². The Morgan fingerprint density at radius 2 is 1.68 bits per heavy atom. The average Bonchev–Trinajstić information content (AvgIpc) is 3.06. The highest BCUT2D eigenvalue weighted by Crippen LogP contribution is 2.30. The molecule has 0 N–H and O–H groups in total. The van der Waals surface area contributed by atoms with Gasteiger partial charge in [-0.1, -0.05) is 0 Å². The summed E-state index contributed by atoms with van der Waals surface area (Å²) in [4.78, 5) is 4.15. The summed E-state index contributed by atoms with van der Waals surface area (Å²) in [6.07, 6.45) is -4.38. The topological polar surface area (TPSA) is 66.3 Å². The van der Waals surface area contributed by atoms with Crippen molar-refractivity contribution in [2.24, 2.45) is 14.1 Å². The Kier molecular flexibility index (Phi) is 3.92. The van der Waals surface area contributed by atoms with Crippen LogP contribution >= 0.6 is 0 Å². The molecule has 0 aliphatic rings. The fourth-order valence-corrected chi connectivity index (χ4v) is 2.87. The van der Waals surface area contributed by atoms with E-state index in [1.807, 2.05) is 20.9 Å². The minimum Gasteiger partial charge on any atom is -0.272 e. The molecule has 3 aromatic rings. The number of rotatable bonds is 3. The Hall–Kier alpha value is -2.65. The summed E-state index contributed by atoms with van der Waals surface area (Å²) in [5.74, 6) is 0.408. The number of aryl methyl sites for hydroxylation is 4. The maximum absolute atomic E-state index is 12.8. The van der Waals surface area contributed by atoms with Crippen molar-refractivity contribution >= 4 is 0 Å². The molecule has 0 aromatic carbocycles. The second-order valence-electron chi connectivity index (χ2n) is 5.96. The lowest BCUT2D eigenvalue weighted by molar-refractivity contribution is -0.142. The van der Waals surface area contributed by atoms with E-state index in [0.29, 0.717) is 11.4 Å². The molecule has 25 heavy (non-hydrogen) atoms. The molecule has 0 fully saturated rings. The van der Waals surface area contributed by atoms with E-state index in [4.69, 9.17) is 0 Å². The average molecular weight is 353 g/mol. The van der Waals surface area contributed by atoms with Crippen LogP contribution in [0.25, 0.3) is 22.8 Å². The summed E-state index contributed by atoms with van der Waals surface area (Å²) in [7, 11) is 3.50. The van der Waals surface area contributed by atoms with Crippen molar-refractivity contribution in [3.8, 4) is 22.8 Å². The first kappa shape index (κ1) is 17.2. The lowest BCUT2D eigenvalue weighted by Crippen LogP contribution is -2.20. The molecule has 3 heterocycles. The van der Waals surface area contributed by atoms with Gasteiger partial charge < -0.3 is 0 Å². The number of hydrogen-bond acceptors (Lipinski definition) is 4. The quantitative estimate of drug-likeness (QED) is 0.726. The minimum atomic E-state index is -4.38. The van der Waals surface area contributed by atoms with Gasteiger partial charge in [-0.3, -0.25) is 9.36 Å². The van der Waals surface area contributed by atoms with Crippen molar-refractivity contribution < 1.29 is 13.2 Å². The summed E-state index contributed by atoms with van der Waals surface area (Å²) in [6.45, 7) is 4.14. The van der Waals surface area contributed by atoms with Crippen LogP contribution in [0.3, 0.4) is 0 Å². The molecule has 0 bridgehead atoms. The van der Waals surface area contributed by atoms with Gasteiger partial charge in [-0.05, 0) is 26.8 Å². The molecular weight excluding hydrogens is 335 g/mol. The van der Waals surface area contributed by atoms with Crippen molar-refractivity contribution in [2.75, 3.05) is 0 Å². The van der Waals surface area contributed by atoms with Gasteiger partial charge in [-0.2, -0.15) is 28.5 Å². The summed E-state index contributed by atoms with van der Waals surface area (Å²) < 4.78 is 42.5. The minimum absolute atomic E-state index is 0.135. The first-order chi connectivity index (χ1) is 11.6. The molecule has 0 spiro atoms. The highest BCUT2D eigenvalue weighted by Gasteiger charge is 2.31. The SMILES string of the molecule is Cc1nc(-c2cc(-c3c(C)nn(C)c3C)nn2C)n(CC(F)(F)F)n1. The van der Waals surface area contributed by atoms with Crippen LogP contribution < -0.4 is 0 Å². The molecule has 0 aliphatic carbocycles. The number of aromatic nitrogens is 7. The zero-order chi connectivity index (χ0) is 18.5. The monoisotopic (exact) mass is 353 g/mol. The second-order valence-corrected chi connectivity index (χ2v) is 5.96. The summed E-state index contributed by atoms with van der Waals surface area (Å²) in [5.41, 5.74) is 3.69. The zero-order valence-corrected chi connectivity index (χ0v) is 14.5. The predicted octanol–water partition coefficient (Wildman–Crippen LogP) is 2.57. The third-order valence-electron chi connectivity index (χ3n) is 3.98. The number of hydrogen-bond donors (Lipinski definition) is 0. The van der Waals surface area contributed by atoms with Crippen LogP contribution in [0.1, 0.15) is 17.2 Å². The lowest BCUT2D eigenvalue weighted by atomic mass is 10.1. The van der Waals surface area contributed by atoms with E-state index >= 15 is 0 Å². The number of halogens is 3. The molecule has 0 saturated carbocycles. The first-order valence-electron chi connectivity index (χ1n) is 7.60. The van der Waals surface area contributed by atoms with Gasteiger partial charge in [0, 0.05) is 25.4 Å². The van der Waals surface area contributed by atoms with Gasteiger partial charge in [0.2, 0.25) is 0 Å². The molecule has 0 saturated heterocycles. The van der Waals surface area contributed by atoms with Crippen molar-refractivity contribution in [2.45, 2.75) is 33.5 Å². The van der Waals surface area contributed by atoms with Crippen LogP contribution in [-0.4, -0.2) is 40.5 Å². The first-order valence-corrected chi connectivity index (χ1v) is 7.60. The van der Waals surface area contributed by atoms with E-state index in [2.05, 4.69) is 20.3 Å². The zero-order valence-electron chi connectivity index (χ0n) is 14.5. The third-order valence-corrected chi connectivity index (χ3v) is 3.98. The smallest absolute Gasteiger partial charge is 0.272 e. The van der Waals surface area contributed by atoms with Crippen LogP contribution in [-0.2, 0) is 20.6 Å². The predicted molar refractivity (Wildman–Crippen MR) is 84.7 cm³/mol. The number of nitrogens with zero attached hydrogens (tertiary/aromatic N) is 7. The molecular formula is C15H18F3N7. The molecule has 134 valence electrons. The van der Waals surface area contributed by atoms with E-state index in [1.54, 1.807) is 24.7 Å². The van der Waals surface area contributed by atoms with Gasteiger partial charge in [0.05, 0.1) is 11.4 Å². The van der Waals surface area contributed by atoms with E-state index in [0.717, 1.165) is 21.6 Å². The van der Waals surface area contributed by atoms with Gasteiger partial charge in [-0.15, -0.1) is 0 Å². The van der Waals surface area contributed by atoms with E-state index in [9.17, 15) is 13.2 Å². The fourth-order valence-electron chi connectivity index (χ4n) is 2.87. The van der Waals surface area contributed by atoms with Gasteiger partial charge in [0.15, 0.2) is 5.82 Å². The Bertz CT molecular complexity index is 930. The van der Waals surface area contributed by atoms with Crippen LogP contribution in [0.5, 0.6) is 0 Å². The van der Waals surface area contributed by atoms with Crippen LogP contribution in [0.2, 0.25) is 0 Å². The highest BCUT2D eigenvalue weighted by molar-refractivity contribution is 5.69. The Labute approximate surface area is 142 Å². The normalized spacial score (nSPS) is 12.2. The molecule has 10 heteroatoms. The second kappa shape index (κ2) is 5.71. The lowest BCUT2D eigenvalue weighted by Gasteiger charge is -2.08. The van der Waals surface area contributed by atoms with E-state index in [-0.39, 0.29) is 11.6 Å². The highest BCUT2D eigenvalue weighted by atomic mass is 19.4. The van der Waals surface area contributed by atoms with Crippen LogP contribution in [0, 0.1) is 20.8 Å². The largest absolute Gasteiger partial charge is 0.408 e.